The Labute approximate surface area is 63.1 Å². The summed E-state index contributed by atoms with van der Waals surface area (Å²) in [6.07, 6.45) is 0. The second-order valence-electron chi connectivity index (χ2n) is 1.80. The standard InChI is InChI=1S/C7H7I/c1-6-2-4-7(8)5-3-6/h2-5H,1H3/i8-4. The van der Waals surface area contributed by atoms with Crippen LogP contribution in [0.4, 0.5) is 0 Å². The summed E-state index contributed by atoms with van der Waals surface area (Å²) in [6.45, 7) is 2.09. The Morgan fingerprint density at radius 1 is 1.12 bits per heavy atom. The largest absolute Gasteiger partial charge is 0.0583 e. The monoisotopic (exact) mass is 214 g/mol. The number of hydrogen-bond acceptors (Lipinski definition) is 0. The van der Waals surface area contributed by atoms with Gasteiger partial charge in [-0.2, -0.15) is 0 Å². The van der Waals surface area contributed by atoms with Crippen molar-refractivity contribution in [1.82, 2.24) is 0 Å². The summed E-state index contributed by atoms with van der Waals surface area (Å²) >= 11 is 2.30. The summed E-state index contributed by atoms with van der Waals surface area (Å²) in [6, 6.07) is 8.44. The van der Waals surface area contributed by atoms with Gasteiger partial charge < -0.3 is 0 Å². The summed E-state index contributed by atoms with van der Waals surface area (Å²) in [7, 11) is 0. The third kappa shape index (κ3) is 1.47. The lowest BCUT2D eigenvalue weighted by molar-refractivity contribution is 1.46. The molecule has 0 spiro atoms. The minimum absolute atomic E-state index is 1.30. The Morgan fingerprint density at radius 2 is 1.62 bits per heavy atom. The molecule has 0 unspecified atom stereocenters. The van der Waals surface area contributed by atoms with Crippen LogP contribution >= 0.6 is 22.6 Å². The summed E-state index contributed by atoms with van der Waals surface area (Å²) in [5.74, 6) is 0. The van der Waals surface area contributed by atoms with Gasteiger partial charge in [0.15, 0.2) is 0 Å². The van der Waals surface area contributed by atoms with Crippen LogP contribution in [0, 0.1) is 10.5 Å². The highest BCUT2D eigenvalue weighted by atomic mass is 123. The van der Waals surface area contributed by atoms with E-state index in [1.54, 1.807) is 0 Å². The van der Waals surface area contributed by atoms with Crippen molar-refractivity contribution in [3.8, 4) is 0 Å². The van der Waals surface area contributed by atoms with Crippen molar-refractivity contribution >= 4 is 22.6 Å². The highest BCUT2D eigenvalue weighted by Crippen LogP contribution is 2.04. The highest BCUT2D eigenvalue weighted by molar-refractivity contribution is 14.1. The van der Waals surface area contributed by atoms with Crippen LogP contribution in [0.3, 0.4) is 0 Å². The molecule has 1 aromatic carbocycles. The van der Waals surface area contributed by atoms with Crippen LogP contribution in [-0.2, 0) is 0 Å². The van der Waals surface area contributed by atoms with Crippen LogP contribution in [-0.4, -0.2) is 0 Å². The van der Waals surface area contributed by atoms with E-state index in [9.17, 15) is 0 Å². The molecule has 1 heteroatoms. The molecule has 8 heavy (non-hydrogen) atoms. The first-order valence-corrected chi connectivity index (χ1v) is 3.59. The van der Waals surface area contributed by atoms with Crippen molar-refractivity contribution in [1.29, 1.82) is 0 Å². The van der Waals surface area contributed by atoms with Crippen LogP contribution in [0.1, 0.15) is 5.56 Å². The van der Waals surface area contributed by atoms with Gasteiger partial charge in [-0.3, -0.25) is 0 Å². The van der Waals surface area contributed by atoms with Crippen LogP contribution in [0.2, 0.25) is 0 Å². The fraction of sp³-hybridized carbons (Fsp3) is 0.143. The van der Waals surface area contributed by atoms with Crippen LogP contribution in [0.15, 0.2) is 24.3 Å². The van der Waals surface area contributed by atoms with E-state index in [-0.39, 0.29) is 0 Å². The molecule has 1 rings (SSSR count). The summed E-state index contributed by atoms with van der Waals surface area (Å²) in [4.78, 5) is 0. The van der Waals surface area contributed by atoms with Gasteiger partial charge in [0.2, 0.25) is 0 Å². The number of rotatable bonds is 0. The lowest BCUT2D eigenvalue weighted by atomic mass is 10.2. The second-order valence-corrected chi connectivity index (χ2v) is 3.04. The molecule has 0 atom stereocenters. The Morgan fingerprint density at radius 3 is 2.00 bits per heavy atom. The first-order valence-electron chi connectivity index (χ1n) is 2.51. The van der Waals surface area contributed by atoms with Gasteiger partial charge in [-0.05, 0) is 41.6 Å². The van der Waals surface area contributed by atoms with Crippen molar-refractivity contribution in [2.24, 2.45) is 0 Å². The summed E-state index contributed by atoms with van der Waals surface area (Å²) in [5.41, 5.74) is 1.32. The third-order valence-electron chi connectivity index (χ3n) is 1.01. The van der Waals surface area contributed by atoms with E-state index in [0.29, 0.717) is 0 Å². The van der Waals surface area contributed by atoms with Crippen molar-refractivity contribution in [2.45, 2.75) is 6.92 Å². The minimum atomic E-state index is 1.30. The van der Waals surface area contributed by atoms with Crippen LogP contribution in [0.5, 0.6) is 0 Å². The van der Waals surface area contributed by atoms with Gasteiger partial charge in [0, 0.05) is 3.57 Å². The lowest BCUT2D eigenvalue weighted by Gasteiger charge is -1.88. The summed E-state index contributed by atoms with van der Waals surface area (Å²) in [5, 5.41) is 0. The molecule has 0 aliphatic heterocycles. The maximum absolute atomic E-state index is 2.30. The second kappa shape index (κ2) is 2.49. The average molecular weight is 214 g/mol. The molecule has 42 valence electrons. The van der Waals surface area contributed by atoms with E-state index < -0.39 is 0 Å². The smallest absolute Gasteiger partial charge is 0.0130 e. The molecular weight excluding hydrogens is 207 g/mol. The van der Waals surface area contributed by atoms with Gasteiger partial charge >= 0.3 is 0 Å². The molecular formula is C7H7I. The Bertz CT molecular complexity index is 143. The fourth-order valence-corrected chi connectivity index (χ4v) is 0.893. The highest BCUT2D eigenvalue weighted by Gasteiger charge is 1.81. The van der Waals surface area contributed by atoms with E-state index >= 15 is 0 Å². The molecule has 0 radical (unpaired) electrons. The van der Waals surface area contributed by atoms with Gasteiger partial charge in [0.1, 0.15) is 0 Å². The maximum Gasteiger partial charge on any atom is 0.0130 e. The molecule has 0 N–H and O–H groups in total. The van der Waals surface area contributed by atoms with Crippen LogP contribution < -0.4 is 0 Å². The molecule has 0 aromatic heterocycles. The number of aryl methyl sites for hydroxylation is 1. The maximum atomic E-state index is 2.30. The molecule has 0 aliphatic carbocycles. The SMILES string of the molecule is Cc1ccc([123I])cc1. The van der Waals surface area contributed by atoms with Crippen molar-refractivity contribution in [3.05, 3.63) is 33.4 Å². The topological polar surface area (TPSA) is 0 Å². The first kappa shape index (κ1) is 6.08. The molecule has 0 saturated carbocycles. The van der Waals surface area contributed by atoms with Gasteiger partial charge in [0.25, 0.3) is 0 Å². The molecule has 0 fully saturated rings. The predicted molar refractivity (Wildman–Crippen MR) is 43.9 cm³/mol. The molecule has 0 heterocycles. The zero-order chi connectivity index (χ0) is 5.98. The lowest BCUT2D eigenvalue weighted by Crippen LogP contribution is -1.69. The van der Waals surface area contributed by atoms with E-state index in [2.05, 4.69) is 53.8 Å². The molecule has 0 amide bonds. The number of halogens is 1. The average Bonchev–Trinajstić information content (AvgIpc) is 1.77. The predicted octanol–water partition coefficient (Wildman–Crippen LogP) is 2.60. The normalized spacial score (nSPS) is 9.25. The Balaban J connectivity index is 3.03. The van der Waals surface area contributed by atoms with Gasteiger partial charge in [0.05, 0.1) is 0 Å². The molecule has 1 aromatic rings. The Hall–Kier alpha value is -0.0500. The molecule has 0 saturated heterocycles. The van der Waals surface area contributed by atoms with Crippen molar-refractivity contribution < 1.29 is 0 Å². The van der Waals surface area contributed by atoms with E-state index in [1.165, 1.54) is 9.13 Å². The van der Waals surface area contributed by atoms with Crippen molar-refractivity contribution in [3.63, 3.8) is 0 Å². The first-order chi connectivity index (χ1) is 3.79. The minimum Gasteiger partial charge on any atom is -0.0583 e. The number of hydrogen-bond donors (Lipinski definition) is 0. The molecule has 0 bridgehead atoms. The van der Waals surface area contributed by atoms with Gasteiger partial charge in [-0.25, -0.2) is 0 Å². The van der Waals surface area contributed by atoms with Gasteiger partial charge in [-0.15, -0.1) is 0 Å². The zero-order valence-corrected chi connectivity index (χ0v) is 6.84. The number of benzene rings is 1. The summed E-state index contributed by atoms with van der Waals surface area (Å²) < 4.78 is 1.30. The van der Waals surface area contributed by atoms with E-state index in [1.807, 2.05) is 0 Å². The molecule has 0 aliphatic rings. The van der Waals surface area contributed by atoms with E-state index in [0.717, 1.165) is 0 Å². The molecule has 0 nitrogen and oxygen atoms in total. The van der Waals surface area contributed by atoms with Crippen molar-refractivity contribution in [2.75, 3.05) is 0 Å². The zero-order valence-electron chi connectivity index (χ0n) is 4.69. The van der Waals surface area contributed by atoms with E-state index in [4.69, 9.17) is 0 Å². The van der Waals surface area contributed by atoms with Crippen LogP contribution in [0.25, 0.3) is 0 Å². The quantitative estimate of drug-likeness (QED) is 0.582. The third-order valence-corrected chi connectivity index (χ3v) is 1.73. The van der Waals surface area contributed by atoms with Gasteiger partial charge in [-0.1, -0.05) is 17.7 Å². The Kier molecular flexibility index (Phi) is 1.89. The fourth-order valence-electron chi connectivity index (χ4n) is 0.533.